The van der Waals surface area contributed by atoms with E-state index in [1.165, 1.54) is 16.5 Å². The summed E-state index contributed by atoms with van der Waals surface area (Å²) in [6.07, 6.45) is 2.09. The highest BCUT2D eigenvalue weighted by Gasteiger charge is 2.03. The predicted molar refractivity (Wildman–Crippen MR) is 80.7 cm³/mol. The molecule has 0 fully saturated rings. The van der Waals surface area contributed by atoms with Gasteiger partial charge in [-0.15, -0.1) is 0 Å². The molecule has 3 aromatic rings. The van der Waals surface area contributed by atoms with E-state index in [4.69, 9.17) is 5.73 Å². The molecular weight excluding hydrogens is 248 g/mol. The molecular formula is C17H16N2O. The number of aryl methyl sites for hydroxylation is 1. The zero-order valence-corrected chi connectivity index (χ0v) is 11.3. The lowest BCUT2D eigenvalue weighted by Crippen LogP contribution is -2.10. The average molecular weight is 264 g/mol. The van der Waals surface area contributed by atoms with Gasteiger partial charge in [-0.1, -0.05) is 23.8 Å². The minimum Gasteiger partial charge on any atom is -0.366 e. The van der Waals surface area contributed by atoms with E-state index in [2.05, 4.69) is 42.0 Å². The van der Waals surface area contributed by atoms with E-state index in [1.807, 2.05) is 12.1 Å². The molecule has 0 unspecified atom stereocenters. The Labute approximate surface area is 117 Å². The first-order chi connectivity index (χ1) is 9.63. The molecule has 0 aliphatic carbocycles. The van der Waals surface area contributed by atoms with Gasteiger partial charge in [0.05, 0.1) is 0 Å². The Balaban J connectivity index is 1.91. The highest BCUT2D eigenvalue weighted by atomic mass is 16.1. The summed E-state index contributed by atoms with van der Waals surface area (Å²) in [6.45, 7) is 2.88. The monoisotopic (exact) mass is 264 g/mol. The van der Waals surface area contributed by atoms with Gasteiger partial charge in [0.25, 0.3) is 0 Å². The van der Waals surface area contributed by atoms with Gasteiger partial charge in [-0.2, -0.15) is 0 Å². The van der Waals surface area contributed by atoms with Crippen LogP contribution in [0.1, 0.15) is 21.5 Å². The van der Waals surface area contributed by atoms with E-state index < -0.39 is 5.91 Å². The second-order valence-corrected chi connectivity index (χ2v) is 5.07. The van der Waals surface area contributed by atoms with Crippen LogP contribution in [0.25, 0.3) is 10.9 Å². The lowest BCUT2D eigenvalue weighted by Gasteiger charge is -2.06. The number of fused-ring (bicyclic) bond motifs is 1. The molecule has 3 rings (SSSR count). The van der Waals surface area contributed by atoms with Gasteiger partial charge in [0.2, 0.25) is 5.91 Å². The number of amides is 1. The van der Waals surface area contributed by atoms with Crippen molar-refractivity contribution in [1.29, 1.82) is 0 Å². The normalized spacial score (nSPS) is 10.8. The molecule has 20 heavy (non-hydrogen) atoms. The molecule has 0 radical (unpaired) electrons. The Bertz CT molecular complexity index is 769. The van der Waals surface area contributed by atoms with Crippen LogP contribution in [0.3, 0.4) is 0 Å². The number of aromatic nitrogens is 1. The summed E-state index contributed by atoms with van der Waals surface area (Å²) in [7, 11) is 0. The Hall–Kier alpha value is -2.55. The Morgan fingerprint density at radius 3 is 2.55 bits per heavy atom. The SMILES string of the molecule is Cc1ccc2c(ccn2Cc2ccc(C(N)=O)cc2)c1. The molecule has 0 atom stereocenters. The van der Waals surface area contributed by atoms with Gasteiger partial charge >= 0.3 is 0 Å². The number of nitrogens with two attached hydrogens (primary N) is 1. The van der Waals surface area contributed by atoms with E-state index in [-0.39, 0.29) is 0 Å². The van der Waals surface area contributed by atoms with E-state index >= 15 is 0 Å². The topological polar surface area (TPSA) is 48.0 Å². The second kappa shape index (κ2) is 4.85. The number of hydrogen-bond donors (Lipinski definition) is 1. The number of nitrogens with zero attached hydrogens (tertiary/aromatic N) is 1. The number of hydrogen-bond acceptors (Lipinski definition) is 1. The summed E-state index contributed by atoms with van der Waals surface area (Å²) in [5.74, 6) is -0.390. The smallest absolute Gasteiger partial charge is 0.248 e. The van der Waals surface area contributed by atoms with Crippen LogP contribution < -0.4 is 5.73 Å². The van der Waals surface area contributed by atoms with Crippen molar-refractivity contribution in [3.8, 4) is 0 Å². The molecule has 0 saturated carbocycles. The van der Waals surface area contributed by atoms with Gasteiger partial charge in [0.15, 0.2) is 0 Å². The molecule has 1 heterocycles. The number of carbonyl (C=O) groups is 1. The molecule has 100 valence electrons. The zero-order valence-electron chi connectivity index (χ0n) is 11.3. The molecule has 2 N–H and O–H groups in total. The summed E-state index contributed by atoms with van der Waals surface area (Å²) >= 11 is 0. The molecule has 1 aromatic heterocycles. The second-order valence-electron chi connectivity index (χ2n) is 5.07. The van der Waals surface area contributed by atoms with Crippen molar-refractivity contribution in [2.45, 2.75) is 13.5 Å². The fraction of sp³-hybridized carbons (Fsp3) is 0.118. The van der Waals surface area contributed by atoms with Crippen molar-refractivity contribution in [2.24, 2.45) is 5.73 Å². The summed E-state index contributed by atoms with van der Waals surface area (Å²) in [6, 6.07) is 16.0. The highest BCUT2D eigenvalue weighted by molar-refractivity contribution is 5.92. The fourth-order valence-electron chi connectivity index (χ4n) is 2.43. The predicted octanol–water partition coefficient (Wildman–Crippen LogP) is 3.10. The number of carbonyl (C=O) groups excluding carboxylic acids is 1. The molecule has 3 heteroatoms. The third-order valence-electron chi connectivity index (χ3n) is 3.52. The Morgan fingerprint density at radius 2 is 1.85 bits per heavy atom. The van der Waals surface area contributed by atoms with Crippen LogP contribution in [0.4, 0.5) is 0 Å². The van der Waals surface area contributed by atoms with Gasteiger partial charge in [0, 0.05) is 23.8 Å². The van der Waals surface area contributed by atoms with Gasteiger partial charge in [-0.3, -0.25) is 4.79 Å². The Kier molecular flexibility index (Phi) is 3.03. The maximum Gasteiger partial charge on any atom is 0.248 e. The van der Waals surface area contributed by atoms with Crippen molar-refractivity contribution in [2.75, 3.05) is 0 Å². The first kappa shape index (κ1) is 12.5. The molecule has 0 aliphatic rings. The first-order valence-electron chi connectivity index (χ1n) is 6.58. The standard InChI is InChI=1S/C17H16N2O/c1-12-2-7-16-15(10-12)8-9-19(16)11-13-3-5-14(6-4-13)17(18)20/h2-10H,11H2,1H3,(H2,18,20). The third-order valence-corrected chi connectivity index (χ3v) is 3.52. The molecule has 0 saturated heterocycles. The lowest BCUT2D eigenvalue weighted by molar-refractivity contribution is 0.100. The average Bonchev–Trinajstić information content (AvgIpc) is 2.81. The molecule has 0 aliphatic heterocycles. The largest absolute Gasteiger partial charge is 0.366 e. The summed E-state index contributed by atoms with van der Waals surface area (Å²) in [5, 5.41) is 1.25. The third kappa shape index (κ3) is 2.30. The maximum absolute atomic E-state index is 11.1. The van der Waals surface area contributed by atoms with Crippen LogP contribution in [0, 0.1) is 6.92 Å². The van der Waals surface area contributed by atoms with Crippen LogP contribution in [-0.4, -0.2) is 10.5 Å². The highest BCUT2D eigenvalue weighted by Crippen LogP contribution is 2.18. The summed E-state index contributed by atoms with van der Waals surface area (Å²) in [5.41, 5.74) is 9.42. The van der Waals surface area contributed by atoms with Crippen molar-refractivity contribution >= 4 is 16.8 Å². The van der Waals surface area contributed by atoms with Gasteiger partial charge < -0.3 is 10.3 Å². The molecule has 0 spiro atoms. The first-order valence-corrected chi connectivity index (χ1v) is 6.58. The summed E-state index contributed by atoms with van der Waals surface area (Å²) < 4.78 is 2.20. The van der Waals surface area contributed by atoms with E-state index in [0.29, 0.717) is 5.56 Å². The van der Waals surface area contributed by atoms with E-state index in [9.17, 15) is 4.79 Å². The lowest BCUT2D eigenvalue weighted by atomic mass is 10.1. The minimum atomic E-state index is -0.390. The maximum atomic E-state index is 11.1. The molecule has 0 bridgehead atoms. The minimum absolute atomic E-state index is 0.390. The van der Waals surface area contributed by atoms with Gasteiger partial charge in [0.1, 0.15) is 0 Å². The van der Waals surface area contributed by atoms with Crippen LogP contribution in [0.2, 0.25) is 0 Å². The van der Waals surface area contributed by atoms with Crippen LogP contribution in [0.15, 0.2) is 54.7 Å². The quantitative estimate of drug-likeness (QED) is 0.776. The van der Waals surface area contributed by atoms with Crippen molar-refractivity contribution in [3.63, 3.8) is 0 Å². The van der Waals surface area contributed by atoms with Crippen LogP contribution in [-0.2, 0) is 6.54 Å². The van der Waals surface area contributed by atoms with Crippen molar-refractivity contribution in [1.82, 2.24) is 4.57 Å². The van der Waals surface area contributed by atoms with Gasteiger partial charge in [-0.25, -0.2) is 0 Å². The molecule has 2 aromatic carbocycles. The number of benzene rings is 2. The number of rotatable bonds is 3. The zero-order chi connectivity index (χ0) is 14.1. The van der Waals surface area contributed by atoms with E-state index in [0.717, 1.165) is 12.1 Å². The fourth-order valence-corrected chi connectivity index (χ4v) is 2.43. The Morgan fingerprint density at radius 1 is 1.10 bits per heavy atom. The molecule has 3 nitrogen and oxygen atoms in total. The van der Waals surface area contributed by atoms with Gasteiger partial charge in [-0.05, 0) is 48.2 Å². The molecule has 1 amide bonds. The van der Waals surface area contributed by atoms with Crippen molar-refractivity contribution in [3.05, 3.63) is 71.4 Å². The summed E-state index contributed by atoms with van der Waals surface area (Å²) in [4.78, 5) is 11.1. The number of primary amides is 1. The van der Waals surface area contributed by atoms with Crippen LogP contribution >= 0.6 is 0 Å². The van der Waals surface area contributed by atoms with Crippen molar-refractivity contribution < 1.29 is 4.79 Å². The van der Waals surface area contributed by atoms with Crippen LogP contribution in [0.5, 0.6) is 0 Å². The van der Waals surface area contributed by atoms with E-state index in [1.54, 1.807) is 12.1 Å².